The molecule has 0 aromatic carbocycles. The number of anilines is 1. The molecule has 2 heterocycles. The van der Waals surface area contributed by atoms with Crippen molar-refractivity contribution in [3.63, 3.8) is 0 Å². The van der Waals surface area contributed by atoms with Crippen LogP contribution in [0.3, 0.4) is 0 Å². The zero-order valence-corrected chi connectivity index (χ0v) is 11.1. The fraction of sp³-hybridized carbons (Fsp3) is 0.222. The van der Waals surface area contributed by atoms with Crippen molar-refractivity contribution in [1.29, 1.82) is 0 Å². The molecule has 0 atom stereocenters. The number of nitrogens with zero attached hydrogens (tertiary/aromatic N) is 3. The van der Waals surface area contributed by atoms with E-state index in [9.17, 15) is 8.42 Å². The van der Waals surface area contributed by atoms with Gasteiger partial charge in [0.2, 0.25) is 5.95 Å². The van der Waals surface area contributed by atoms with Gasteiger partial charge in [-0.2, -0.15) is 0 Å². The van der Waals surface area contributed by atoms with Crippen LogP contribution in [0, 0.1) is 13.8 Å². The van der Waals surface area contributed by atoms with E-state index < -0.39 is 10.0 Å². The molecule has 2 rings (SSSR count). The molecule has 0 bridgehead atoms. The van der Waals surface area contributed by atoms with Crippen LogP contribution in [0.25, 0.3) is 0 Å². The van der Waals surface area contributed by atoms with Crippen molar-refractivity contribution in [3.05, 3.63) is 28.9 Å². The molecule has 7 nitrogen and oxygen atoms in total. The summed E-state index contributed by atoms with van der Waals surface area (Å²) < 4.78 is 31.2. The summed E-state index contributed by atoms with van der Waals surface area (Å²) in [6.07, 6.45) is 1.35. The van der Waals surface area contributed by atoms with Crippen LogP contribution in [0.5, 0.6) is 0 Å². The number of hydrogen-bond donors (Lipinski definition) is 1. The van der Waals surface area contributed by atoms with Gasteiger partial charge in [-0.1, -0.05) is 16.8 Å². The monoisotopic (exact) mass is 288 g/mol. The quantitative estimate of drug-likeness (QED) is 0.860. The van der Waals surface area contributed by atoms with Crippen molar-refractivity contribution >= 4 is 27.6 Å². The smallest absolute Gasteiger partial charge is 0.269 e. The summed E-state index contributed by atoms with van der Waals surface area (Å²) in [5.74, 6) is 0.0875. The first-order chi connectivity index (χ1) is 8.40. The third-order valence-corrected chi connectivity index (χ3v) is 3.87. The molecule has 0 unspecified atom stereocenters. The molecule has 0 fully saturated rings. The van der Waals surface area contributed by atoms with Crippen molar-refractivity contribution in [2.24, 2.45) is 0 Å². The Kier molecular flexibility index (Phi) is 3.22. The number of nitrogens with one attached hydrogen (secondary N) is 1. The highest BCUT2D eigenvalue weighted by atomic mass is 35.5. The van der Waals surface area contributed by atoms with Crippen molar-refractivity contribution in [2.45, 2.75) is 18.7 Å². The van der Waals surface area contributed by atoms with Gasteiger partial charge in [0.15, 0.2) is 10.7 Å². The van der Waals surface area contributed by atoms with Gasteiger partial charge in [-0.25, -0.2) is 23.1 Å². The van der Waals surface area contributed by atoms with Gasteiger partial charge in [0.1, 0.15) is 10.8 Å². The first kappa shape index (κ1) is 12.8. The van der Waals surface area contributed by atoms with Gasteiger partial charge in [0.05, 0.1) is 0 Å². The fourth-order valence-electron chi connectivity index (χ4n) is 1.42. The fourth-order valence-corrected chi connectivity index (χ4v) is 2.83. The van der Waals surface area contributed by atoms with E-state index in [0.29, 0.717) is 0 Å². The van der Waals surface area contributed by atoms with Crippen molar-refractivity contribution in [2.75, 3.05) is 4.72 Å². The second-order valence-electron chi connectivity index (χ2n) is 3.46. The molecule has 0 saturated heterocycles. The number of hydrogen-bond acceptors (Lipinski definition) is 6. The Labute approximate surface area is 108 Å². The van der Waals surface area contributed by atoms with E-state index in [1.807, 2.05) is 0 Å². The Balaban J connectivity index is 2.39. The predicted molar refractivity (Wildman–Crippen MR) is 63.8 cm³/mol. The molecule has 1 N–H and O–H groups in total. The van der Waals surface area contributed by atoms with Crippen LogP contribution >= 0.6 is 11.6 Å². The minimum atomic E-state index is -3.84. The molecule has 0 saturated carbocycles. The zero-order valence-electron chi connectivity index (χ0n) is 9.51. The number of aromatic nitrogens is 3. The third-order valence-electron chi connectivity index (χ3n) is 2.08. The standard InChI is InChI=1S/C9H9ClN4O3S/c1-5-8(6(2)17-13-5)18(15,16)14-9-11-4-3-7(10)12-9/h3-4H,1-2H3,(H,11,12,14). The van der Waals surface area contributed by atoms with Crippen LogP contribution in [-0.4, -0.2) is 23.5 Å². The molecule has 0 radical (unpaired) electrons. The molecule has 0 aliphatic carbocycles. The molecule has 9 heteroatoms. The van der Waals surface area contributed by atoms with Gasteiger partial charge in [0.25, 0.3) is 10.0 Å². The summed E-state index contributed by atoms with van der Waals surface area (Å²) in [5.41, 5.74) is 0.266. The molecule has 18 heavy (non-hydrogen) atoms. The molecule has 0 amide bonds. The van der Waals surface area contributed by atoms with Crippen LogP contribution in [0.1, 0.15) is 11.5 Å². The molecular formula is C9H9ClN4O3S. The van der Waals surface area contributed by atoms with Gasteiger partial charge in [-0.15, -0.1) is 0 Å². The molecule has 0 aliphatic rings. The highest BCUT2D eigenvalue weighted by Crippen LogP contribution is 2.21. The van der Waals surface area contributed by atoms with Crippen LogP contribution in [0.4, 0.5) is 5.95 Å². The lowest BCUT2D eigenvalue weighted by Gasteiger charge is -2.05. The second kappa shape index (κ2) is 4.54. The number of aryl methyl sites for hydroxylation is 2. The summed E-state index contributed by atoms with van der Waals surface area (Å²) in [4.78, 5) is 7.48. The van der Waals surface area contributed by atoms with Crippen molar-refractivity contribution in [1.82, 2.24) is 15.1 Å². The van der Waals surface area contributed by atoms with Crippen LogP contribution in [-0.2, 0) is 10.0 Å². The van der Waals surface area contributed by atoms with E-state index in [4.69, 9.17) is 16.1 Å². The topological polar surface area (TPSA) is 98.0 Å². The average Bonchev–Trinajstić information content (AvgIpc) is 2.58. The van der Waals surface area contributed by atoms with Gasteiger partial charge >= 0.3 is 0 Å². The third kappa shape index (κ3) is 2.44. The average molecular weight is 289 g/mol. The maximum absolute atomic E-state index is 12.1. The Hall–Kier alpha value is -1.67. The van der Waals surface area contributed by atoms with Gasteiger partial charge in [-0.05, 0) is 19.9 Å². The highest BCUT2D eigenvalue weighted by molar-refractivity contribution is 7.92. The van der Waals surface area contributed by atoms with Gasteiger partial charge in [-0.3, -0.25) is 0 Å². The van der Waals surface area contributed by atoms with E-state index in [1.54, 1.807) is 0 Å². The lowest BCUT2D eigenvalue weighted by molar-refractivity contribution is 0.390. The summed E-state index contributed by atoms with van der Waals surface area (Å²) in [5, 5.41) is 3.72. The first-order valence-corrected chi connectivity index (χ1v) is 6.70. The highest BCUT2D eigenvalue weighted by Gasteiger charge is 2.25. The van der Waals surface area contributed by atoms with E-state index in [2.05, 4.69) is 19.8 Å². The molecule has 96 valence electrons. The molecular weight excluding hydrogens is 280 g/mol. The SMILES string of the molecule is Cc1noc(C)c1S(=O)(=O)Nc1nccc(Cl)n1. The molecule has 2 aromatic rings. The Morgan fingerprint density at radius 1 is 1.39 bits per heavy atom. The maximum Gasteiger partial charge on any atom is 0.269 e. The van der Waals surface area contributed by atoms with Crippen molar-refractivity contribution in [3.8, 4) is 0 Å². The minimum absolute atomic E-state index is 0.0222. The Morgan fingerprint density at radius 3 is 2.67 bits per heavy atom. The normalized spacial score (nSPS) is 11.5. The van der Waals surface area contributed by atoms with E-state index in [1.165, 1.54) is 26.1 Å². The number of rotatable bonds is 3. The van der Waals surface area contributed by atoms with E-state index in [0.717, 1.165) is 0 Å². The summed E-state index contributed by atoms with van der Waals surface area (Å²) in [6.45, 7) is 3.04. The lowest BCUT2D eigenvalue weighted by Crippen LogP contribution is -2.16. The largest absolute Gasteiger partial charge is 0.360 e. The molecule has 2 aromatic heterocycles. The summed E-state index contributed by atoms with van der Waals surface area (Å²) in [7, 11) is -3.84. The minimum Gasteiger partial charge on any atom is -0.360 e. The predicted octanol–water partition coefficient (Wildman–Crippen LogP) is 1.54. The second-order valence-corrected chi connectivity index (χ2v) is 5.47. The Bertz CT molecular complexity index is 663. The number of sulfonamides is 1. The van der Waals surface area contributed by atoms with Crippen LogP contribution in [0.15, 0.2) is 21.7 Å². The zero-order chi connectivity index (χ0) is 13.3. The molecule has 0 spiro atoms. The van der Waals surface area contributed by atoms with Crippen LogP contribution in [0.2, 0.25) is 5.15 Å². The first-order valence-electron chi connectivity index (χ1n) is 4.84. The van der Waals surface area contributed by atoms with Gasteiger partial charge < -0.3 is 4.52 Å². The van der Waals surface area contributed by atoms with E-state index in [-0.39, 0.29) is 27.5 Å². The molecule has 0 aliphatic heterocycles. The lowest BCUT2D eigenvalue weighted by atomic mass is 10.4. The summed E-state index contributed by atoms with van der Waals surface area (Å²) in [6, 6.07) is 1.44. The van der Waals surface area contributed by atoms with Crippen LogP contribution < -0.4 is 4.72 Å². The maximum atomic E-state index is 12.1. The number of halogens is 1. The van der Waals surface area contributed by atoms with E-state index >= 15 is 0 Å². The Morgan fingerprint density at radius 2 is 2.11 bits per heavy atom. The van der Waals surface area contributed by atoms with Crippen molar-refractivity contribution < 1.29 is 12.9 Å². The van der Waals surface area contributed by atoms with Gasteiger partial charge in [0, 0.05) is 6.20 Å². The summed E-state index contributed by atoms with van der Waals surface area (Å²) >= 11 is 5.64.